The van der Waals surface area contributed by atoms with Crippen LogP contribution in [-0.2, 0) is 20.6 Å². The van der Waals surface area contributed by atoms with Gasteiger partial charge in [-0.25, -0.2) is 8.42 Å². The van der Waals surface area contributed by atoms with Gasteiger partial charge in [-0.15, -0.1) is 0 Å². The van der Waals surface area contributed by atoms with Crippen LogP contribution in [0.4, 0.5) is 5.69 Å². The molecule has 1 atom stereocenters. The van der Waals surface area contributed by atoms with Crippen molar-refractivity contribution < 1.29 is 17.9 Å². The molecule has 1 fully saturated rings. The largest absolute Gasteiger partial charge is 0.476 e. The third kappa shape index (κ3) is 4.23. The molecule has 8 heteroatoms. The number of ether oxygens (including phenoxy) is 1. The Morgan fingerprint density at radius 3 is 2.38 bits per heavy atom. The molecule has 2 aliphatic rings. The van der Waals surface area contributed by atoms with Crippen molar-refractivity contribution in [2.24, 2.45) is 0 Å². The quantitative estimate of drug-likeness (QED) is 0.758. The van der Waals surface area contributed by atoms with Crippen LogP contribution in [0.15, 0.2) is 54.6 Å². The van der Waals surface area contributed by atoms with E-state index in [1.165, 1.54) is 4.31 Å². The molecule has 0 radical (unpaired) electrons. The van der Waals surface area contributed by atoms with Crippen LogP contribution >= 0.6 is 0 Å². The first-order valence-corrected chi connectivity index (χ1v) is 11.3. The molecule has 1 saturated heterocycles. The molecule has 1 amide bonds. The number of likely N-dealkylation sites (N-methyl/N-ethyl adjacent to an activating group) is 1. The highest BCUT2D eigenvalue weighted by Crippen LogP contribution is 2.36. The summed E-state index contributed by atoms with van der Waals surface area (Å²) in [4.78, 5) is 17.0. The zero-order chi connectivity index (χ0) is 20.4. The third-order valence-corrected chi connectivity index (χ3v) is 7.07. The normalized spacial score (nSPS) is 20.1. The van der Waals surface area contributed by atoms with Crippen molar-refractivity contribution in [3.63, 3.8) is 0 Å². The average Bonchev–Trinajstić information content (AvgIpc) is 2.73. The Bertz CT molecular complexity index is 972. The van der Waals surface area contributed by atoms with E-state index in [0.29, 0.717) is 30.1 Å². The molecular formula is C21H25N3O4S. The summed E-state index contributed by atoms with van der Waals surface area (Å²) in [7, 11) is -1.66. The van der Waals surface area contributed by atoms with Crippen LogP contribution in [-0.4, -0.2) is 70.0 Å². The van der Waals surface area contributed by atoms with Crippen LogP contribution in [0.5, 0.6) is 5.75 Å². The first-order chi connectivity index (χ1) is 13.9. The van der Waals surface area contributed by atoms with E-state index in [4.69, 9.17) is 4.74 Å². The summed E-state index contributed by atoms with van der Waals surface area (Å²) in [5.41, 5.74) is 1.18. The Labute approximate surface area is 171 Å². The predicted molar refractivity (Wildman–Crippen MR) is 111 cm³/mol. The van der Waals surface area contributed by atoms with Gasteiger partial charge in [0.15, 0.2) is 6.10 Å². The van der Waals surface area contributed by atoms with Gasteiger partial charge in [-0.3, -0.25) is 9.10 Å². The smallest absolute Gasteiger partial charge is 0.265 e. The van der Waals surface area contributed by atoms with Gasteiger partial charge < -0.3 is 14.5 Å². The van der Waals surface area contributed by atoms with Crippen molar-refractivity contribution >= 4 is 21.6 Å². The fraction of sp³-hybridized carbons (Fsp3) is 0.381. The second-order valence-electron chi connectivity index (χ2n) is 7.48. The number of hydrogen-bond donors (Lipinski definition) is 0. The molecule has 4 rings (SSSR count). The van der Waals surface area contributed by atoms with Gasteiger partial charge in [0, 0.05) is 26.2 Å². The number of piperazine rings is 1. The third-order valence-electron chi connectivity index (χ3n) is 5.35. The highest BCUT2D eigenvalue weighted by Gasteiger charge is 2.38. The van der Waals surface area contributed by atoms with E-state index in [1.54, 1.807) is 41.3 Å². The summed E-state index contributed by atoms with van der Waals surface area (Å²) in [6.07, 6.45) is -0.848. The molecule has 154 valence electrons. The molecule has 2 aromatic carbocycles. The van der Waals surface area contributed by atoms with E-state index >= 15 is 0 Å². The lowest BCUT2D eigenvalue weighted by atomic mass is 10.2. The summed E-state index contributed by atoms with van der Waals surface area (Å²) < 4.78 is 33.8. The average molecular weight is 416 g/mol. The minimum absolute atomic E-state index is 0.0165. The van der Waals surface area contributed by atoms with Gasteiger partial charge in [-0.05, 0) is 24.7 Å². The number of amides is 1. The van der Waals surface area contributed by atoms with Crippen LogP contribution in [0.1, 0.15) is 5.56 Å². The zero-order valence-corrected chi connectivity index (χ0v) is 17.2. The van der Waals surface area contributed by atoms with Gasteiger partial charge in [0.1, 0.15) is 5.75 Å². The molecule has 0 unspecified atom stereocenters. The zero-order valence-electron chi connectivity index (χ0n) is 16.4. The second-order valence-corrected chi connectivity index (χ2v) is 9.37. The fourth-order valence-corrected chi connectivity index (χ4v) is 5.27. The number of sulfonamides is 1. The van der Waals surface area contributed by atoms with Crippen LogP contribution in [0, 0.1) is 0 Å². The lowest BCUT2D eigenvalue weighted by Crippen LogP contribution is -2.55. The Morgan fingerprint density at radius 1 is 1.00 bits per heavy atom. The van der Waals surface area contributed by atoms with Gasteiger partial charge in [0.05, 0.1) is 18.0 Å². The second kappa shape index (κ2) is 8.04. The maximum absolute atomic E-state index is 13.2. The number of benzene rings is 2. The van der Waals surface area contributed by atoms with E-state index in [1.807, 2.05) is 25.2 Å². The highest BCUT2D eigenvalue weighted by molar-refractivity contribution is 7.92. The molecule has 29 heavy (non-hydrogen) atoms. The number of anilines is 1. The van der Waals surface area contributed by atoms with Crippen molar-refractivity contribution in [2.45, 2.75) is 11.9 Å². The van der Waals surface area contributed by atoms with Crippen LogP contribution in [0.2, 0.25) is 0 Å². The fourth-order valence-electron chi connectivity index (χ4n) is 3.69. The van der Waals surface area contributed by atoms with Gasteiger partial charge in [0.25, 0.3) is 5.91 Å². The summed E-state index contributed by atoms with van der Waals surface area (Å²) in [5.74, 6) is 0.132. The van der Waals surface area contributed by atoms with Gasteiger partial charge in [-0.1, -0.05) is 42.5 Å². The van der Waals surface area contributed by atoms with Crippen LogP contribution in [0.3, 0.4) is 0 Å². The Balaban J connectivity index is 1.60. The van der Waals surface area contributed by atoms with Crippen LogP contribution in [0.25, 0.3) is 0 Å². The lowest BCUT2D eigenvalue weighted by Gasteiger charge is -2.39. The summed E-state index contributed by atoms with van der Waals surface area (Å²) >= 11 is 0. The van der Waals surface area contributed by atoms with Crippen molar-refractivity contribution in [1.82, 2.24) is 9.80 Å². The van der Waals surface area contributed by atoms with E-state index in [0.717, 1.165) is 13.1 Å². The topological polar surface area (TPSA) is 70.2 Å². The molecule has 0 bridgehead atoms. The molecule has 0 spiro atoms. The van der Waals surface area contributed by atoms with Gasteiger partial charge in [-0.2, -0.15) is 0 Å². The van der Waals surface area contributed by atoms with Crippen molar-refractivity contribution in [1.29, 1.82) is 0 Å². The van der Waals surface area contributed by atoms with Crippen molar-refractivity contribution in [2.75, 3.05) is 44.1 Å². The molecule has 0 aliphatic carbocycles. The Morgan fingerprint density at radius 2 is 1.66 bits per heavy atom. The monoisotopic (exact) mass is 415 g/mol. The van der Waals surface area contributed by atoms with E-state index in [2.05, 4.69) is 4.90 Å². The predicted octanol–water partition coefficient (Wildman–Crippen LogP) is 1.56. The highest BCUT2D eigenvalue weighted by atomic mass is 32.2. The van der Waals surface area contributed by atoms with Crippen molar-refractivity contribution in [3.8, 4) is 5.75 Å². The maximum Gasteiger partial charge on any atom is 0.265 e. The molecular weight excluding hydrogens is 390 g/mol. The van der Waals surface area contributed by atoms with E-state index in [9.17, 15) is 13.2 Å². The van der Waals surface area contributed by atoms with E-state index in [-0.39, 0.29) is 18.2 Å². The first kappa shape index (κ1) is 19.7. The number of nitrogens with zero attached hydrogens (tertiary/aromatic N) is 3. The summed E-state index contributed by atoms with van der Waals surface area (Å²) in [6.45, 7) is 2.81. The number of carbonyl (C=O) groups is 1. The van der Waals surface area contributed by atoms with E-state index < -0.39 is 16.1 Å². The molecule has 0 N–H and O–H groups in total. The molecule has 2 heterocycles. The number of carbonyl (C=O) groups excluding carboxylic acids is 1. The summed E-state index contributed by atoms with van der Waals surface area (Å²) in [5, 5.41) is 0. The number of hydrogen-bond acceptors (Lipinski definition) is 5. The summed E-state index contributed by atoms with van der Waals surface area (Å²) in [6, 6.07) is 16.0. The first-order valence-electron chi connectivity index (χ1n) is 9.71. The minimum atomic E-state index is -3.68. The Hall–Kier alpha value is -2.58. The SMILES string of the molecule is CN1CCN(C(=O)[C@@H]2CN(S(=O)(=O)Cc3ccccc3)c3ccccc3O2)CC1. The molecule has 7 nitrogen and oxygen atoms in total. The van der Waals surface area contributed by atoms with Gasteiger partial charge >= 0.3 is 0 Å². The number of fused-ring (bicyclic) bond motifs is 1. The number of rotatable bonds is 4. The maximum atomic E-state index is 13.2. The minimum Gasteiger partial charge on any atom is -0.476 e. The molecule has 0 saturated carbocycles. The molecule has 2 aliphatic heterocycles. The molecule has 2 aromatic rings. The Kier molecular flexibility index (Phi) is 5.47. The standard InChI is InChI=1S/C21H25N3O4S/c1-22-11-13-23(14-12-22)21(25)20-15-24(18-9-5-6-10-19(18)28-20)29(26,27)16-17-7-3-2-4-8-17/h2-10,20H,11-16H2,1H3/t20-/m0/s1. The van der Waals surface area contributed by atoms with Crippen molar-refractivity contribution in [3.05, 3.63) is 60.2 Å². The molecule has 0 aromatic heterocycles. The number of para-hydroxylation sites is 2. The lowest BCUT2D eigenvalue weighted by molar-refractivity contribution is -0.140. The van der Waals surface area contributed by atoms with Gasteiger partial charge in [0.2, 0.25) is 10.0 Å². The van der Waals surface area contributed by atoms with Crippen LogP contribution < -0.4 is 9.04 Å².